The van der Waals surface area contributed by atoms with E-state index in [0.29, 0.717) is 11.8 Å². The van der Waals surface area contributed by atoms with Gasteiger partial charge in [-0.15, -0.1) is 11.8 Å². The maximum Gasteiger partial charge on any atom is 0.233 e. The van der Waals surface area contributed by atoms with E-state index in [4.69, 9.17) is 16.6 Å². The van der Waals surface area contributed by atoms with E-state index in [1.54, 1.807) is 11.8 Å². The van der Waals surface area contributed by atoms with Crippen LogP contribution in [-0.4, -0.2) is 33.6 Å². The minimum atomic E-state index is 0.258. The van der Waals surface area contributed by atoms with Gasteiger partial charge < -0.3 is 4.90 Å². The Hall–Kier alpha value is -1.26. The molecule has 0 aliphatic heterocycles. The topological polar surface area (TPSA) is 33.2 Å². The molecule has 2 aliphatic rings. The van der Waals surface area contributed by atoms with E-state index in [0.717, 1.165) is 41.6 Å². The van der Waals surface area contributed by atoms with Crippen molar-refractivity contribution in [2.45, 2.75) is 88.6 Å². The van der Waals surface area contributed by atoms with E-state index < -0.39 is 0 Å². The van der Waals surface area contributed by atoms with Gasteiger partial charge in [0.15, 0.2) is 0 Å². The van der Waals surface area contributed by atoms with Crippen molar-refractivity contribution in [1.82, 2.24) is 9.88 Å². The second kappa shape index (κ2) is 9.26. The smallest absolute Gasteiger partial charge is 0.233 e. The van der Waals surface area contributed by atoms with Gasteiger partial charge in [0.05, 0.1) is 11.3 Å². The number of pyridine rings is 1. The van der Waals surface area contributed by atoms with Gasteiger partial charge in [0.2, 0.25) is 5.91 Å². The number of aryl methyl sites for hydroxylation is 1. The first-order valence-electron chi connectivity index (χ1n) is 11.1. The average Bonchev–Trinajstić information content (AvgIpc) is 2.71. The van der Waals surface area contributed by atoms with Crippen molar-refractivity contribution < 1.29 is 4.79 Å². The summed E-state index contributed by atoms with van der Waals surface area (Å²) in [5, 5.41) is 1.86. The quantitative estimate of drug-likeness (QED) is 0.512. The van der Waals surface area contributed by atoms with Crippen LogP contribution in [-0.2, 0) is 17.6 Å². The van der Waals surface area contributed by atoms with Crippen molar-refractivity contribution in [2.75, 3.05) is 5.75 Å². The Balaban J connectivity index is 1.60. The molecule has 2 aromatic rings. The summed E-state index contributed by atoms with van der Waals surface area (Å²) in [4.78, 5) is 21.6. The van der Waals surface area contributed by atoms with Crippen molar-refractivity contribution in [3.63, 3.8) is 0 Å². The number of hydrogen-bond acceptors (Lipinski definition) is 3. The van der Waals surface area contributed by atoms with E-state index in [1.807, 2.05) is 12.1 Å². The fourth-order valence-corrected chi connectivity index (χ4v) is 6.31. The van der Waals surface area contributed by atoms with Gasteiger partial charge in [-0.3, -0.25) is 9.78 Å². The highest BCUT2D eigenvalue weighted by Crippen LogP contribution is 2.37. The Morgan fingerprint density at radius 2 is 1.93 bits per heavy atom. The highest BCUT2D eigenvalue weighted by atomic mass is 35.5. The first kappa shape index (κ1) is 21.0. The normalized spacial score (nSPS) is 17.5. The fraction of sp³-hybridized carbons (Fsp3) is 0.583. The Kier molecular flexibility index (Phi) is 6.70. The molecule has 5 heteroatoms. The molecule has 0 atom stereocenters. The number of carbonyl (C=O) groups is 1. The molecular formula is C24H31ClN2OS. The van der Waals surface area contributed by atoms with Gasteiger partial charge in [0.1, 0.15) is 0 Å². The number of halogens is 1. The number of aromatic nitrogens is 1. The fourth-order valence-electron chi connectivity index (χ4n) is 5.00. The Labute approximate surface area is 183 Å². The first-order valence-corrected chi connectivity index (χ1v) is 12.5. The van der Waals surface area contributed by atoms with E-state index in [-0.39, 0.29) is 11.9 Å². The lowest BCUT2D eigenvalue weighted by Gasteiger charge is -2.37. The van der Waals surface area contributed by atoms with Gasteiger partial charge in [-0.1, -0.05) is 36.9 Å². The molecule has 2 aliphatic carbocycles. The zero-order chi connectivity index (χ0) is 20.4. The molecule has 0 radical (unpaired) electrons. The highest BCUT2D eigenvalue weighted by Gasteiger charge is 2.28. The summed E-state index contributed by atoms with van der Waals surface area (Å²) in [6, 6.07) is 6.65. The van der Waals surface area contributed by atoms with Crippen LogP contribution >= 0.6 is 23.4 Å². The second-order valence-electron chi connectivity index (χ2n) is 8.71. The number of benzene rings is 1. The van der Waals surface area contributed by atoms with Crippen molar-refractivity contribution in [3.05, 3.63) is 34.5 Å². The maximum atomic E-state index is 13.3. The lowest BCUT2D eigenvalue weighted by atomic mass is 9.93. The SMILES string of the molecule is CC(C)N(C(=O)CSc1c2c(nc3cc(Cl)ccc13)CCCC2)C1CCCCC1. The van der Waals surface area contributed by atoms with Gasteiger partial charge in [-0.2, -0.15) is 0 Å². The molecule has 1 fully saturated rings. The molecule has 1 amide bonds. The van der Waals surface area contributed by atoms with Crippen LogP contribution in [0.1, 0.15) is 70.1 Å². The second-order valence-corrected chi connectivity index (χ2v) is 10.1. The summed E-state index contributed by atoms with van der Waals surface area (Å²) in [6.07, 6.45) is 10.6. The molecule has 29 heavy (non-hydrogen) atoms. The van der Waals surface area contributed by atoms with Crippen LogP contribution < -0.4 is 0 Å². The molecule has 1 aromatic heterocycles. The van der Waals surface area contributed by atoms with Crippen LogP contribution in [0.25, 0.3) is 10.9 Å². The van der Waals surface area contributed by atoms with Crippen molar-refractivity contribution in [1.29, 1.82) is 0 Å². The predicted molar refractivity (Wildman–Crippen MR) is 123 cm³/mol. The molecule has 0 N–H and O–H groups in total. The van der Waals surface area contributed by atoms with Crippen molar-refractivity contribution >= 4 is 40.2 Å². The number of rotatable bonds is 5. The molecule has 3 nitrogen and oxygen atoms in total. The minimum absolute atomic E-state index is 0.258. The van der Waals surface area contributed by atoms with Crippen molar-refractivity contribution in [2.24, 2.45) is 0 Å². The third kappa shape index (κ3) is 4.59. The number of thioether (sulfide) groups is 1. The first-order chi connectivity index (χ1) is 14.0. The summed E-state index contributed by atoms with van der Waals surface area (Å²) >= 11 is 7.95. The third-order valence-corrected chi connectivity index (χ3v) is 7.71. The largest absolute Gasteiger partial charge is 0.337 e. The standard InChI is InChI=1S/C24H31ClN2OS/c1-16(2)27(18-8-4-3-5-9-18)23(28)15-29-24-19-10-6-7-11-21(19)26-22-14-17(25)12-13-20(22)24/h12-14,16,18H,3-11,15H2,1-2H3. The minimum Gasteiger partial charge on any atom is -0.337 e. The maximum absolute atomic E-state index is 13.3. The van der Waals surface area contributed by atoms with Crippen molar-refractivity contribution in [3.8, 4) is 0 Å². The number of amides is 1. The number of hydrogen-bond donors (Lipinski definition) is 0. The lowest BCUT2D eigenvalue weighted by Crippen LogP contribution is -2.46. The number of nitrogens with zero attached hydrogens (tertiary/aromatic N) is 2. The molecule has 4 rings (SSSR count). The molecule has 0 spiro atoms. The number of carbonyl (C=O) groups excluding carboxylic acids is 1. The Morgan fingerprint density at radius 3 is 2.69 bits per heavy atom. The van der Waals surface area contributed by atoms with E-state index in [9.17, 15) is 4.79 Å². The van der Waals surface area contributed by atoms with E-state index in [2.05, 4.69) is 24.8 Å². The Bertz CT molecular complexity index is 892. The third-order valence-electron chi connectivity index (χ3n) is 6.33. The van der Waals surface area contributed by atoms with Gasteiger partial charge in [-0.25, -0.2) is 0 Å². The summed E-state index contributed by atoms with van der Waals surface area (Å²) in [5.41, 5.74) is 3.52. The van der Waals surface area contributed by atoms with Crippen LogP contribution in [0.2, 0.25) is 5.02 Å². The van der Waals surface area contributed by atoms with Crippen LogP contribution in [0.5, 0.6) is 0 Å². The summed E-state index contributed by atoms with van der Waals surface area (Å²) < 4.78 is 0. The highest BCUT2D eigenvalue weighted by molar-refractivity contribution is 8.00. The Morgan fingerprint density at radius 1 is 1.17 bits per heavy atom. The van der Waals surface area contributed by atoms with Crippen LogP contribution in [0.3, 0.4) is 0 Å². The zero-order valence-electron chi connectivity index (χ0n) is 17.5. The predicted octanol–water partition coefficient (Wildman–Crippen LogP) is 6.43. The zero-order valence-corrected chi connectivity index (χ0v) is 19.1. The van der Waals surface area contributed by atoms with Gasteiger partial charge in [0, 0.05) is 33.1 Å². The molecule has 1 aromatic carbocycles. The average molecular weight is 431 g/mol. The monoisotopic (exact) mass is 430 g/mol. The molecule has 0 unspecified atom stereocenters. The number of fused-ring (bicyclic) bond motifs is 2. The van der Waals surface area contributed by atoms with Gasteiger partial charge in [-0.05, 0) is 70.1 Å². The molecule has 0 bridgehead atoms. The summed E-state index contributed by atoms with van der Waals surface area (Å²) in [5.74, 6) is 0.781. The van der Waals surface area contributed by atoms with Crippen LogP contribution in [0, 0.1) is 0 Å². The lowest BCUT2D eigenvalue weighted by molar-refractivity contribution is -0.133. The molecule has 1 heterocycles. The van der Waals surface area contributed by atoms with Gasteiger partial charge >= 0.3 is 0 Å². The summed E-state index contributed by atoms with van der Waals surface area (Å²) in [7, 11) is 0. The molecule has 0 saturated heterocycles. The molecule has 1 saturated carbocycles. The van der Waals surface area contributed by atoms with Crippen LogP contribution in [0.15, 0.2) is 23.1 Å². The van der Waals surface area contributed by atoms with E-state index in [1.165, 1.54) is 48.3 Å². The van der Waals surface area contributed by atoms with E-state index >= 15 is 0 Å². The van der Waals surface area contributed by atoms with Gasteiger partial charge in [0.25, 0.3) is 0 Å². The molecular weight excluding hydrogens is 400 g/mol. The van der Waals surface area contributed by atoms with Crippen LogP contribution in [0.4, 0.5) is 0 Å². The molecule has 156 valence electrons. The summed E-state index contributed by atoms with van der Waals surface area (Å²) in [6.45, 7) is 4.31.